The Morgan fingerprint density at radius 2 is 2.00 bits per heavy atom. The van der Waals surface area contributed by atoms with Gasteiger partial charge in [0.05, 0.1) is 5.39 Å². The highest BCUT2D eigenvalue weighted by atomic mass is 19.1. The van der Waals surface area contributed by atoms with Crippen LogP contribution in [0.3, 0.4) is 0 Å². The van der Waals surface area contributed by atoms with Crippen LogP contribution >= 0.6 is 0 Å². The van der Waals surface area contributed by atoms with Crippen molar-refractivity contribution in [3.05, 3.63) is 70.0 Å². The number of rotatable bonds is 4. The van der Waals surface area contributed by atoms with E-state index in [1.807, 2.05) is 24.5 Å². The number of hydrogen-bond donors (Lipinski definition) is 1. The quantitative estimate of drug-likeness (QED) is 0.639. The molecule has 32 heavy (non-hydrogen) atoms. The van der Waals surface area contributed by atoms with Crippen molar-refractivity contribution in [2.24, 2.45) is 4.99 Å². The molecule has 1 N–H and O–H groups in total. The molecule has 1 aromatic carbocycles. The van der Waals surface area contributed by atoms with Gasteiger partial charge in [-0.15, -0.1) is 0 Å². The van der Waals surface area contributed by atoms with Gasteiger partial charge in [0.25, 0.3) is 5.56 Å². The Kier molecular flexibility index (Phi) is 5.74. The molecule has 2 aromatic heterocycles. The van der Waals surface area contributed by atoms with Crippen molar-refractivity contribution in [1.29, 1.82) is 0 Å². The number of aliphatic imine (C=N–C) groups is 1. The van der Waals surface area contributed by atoms with Crippen molar-refractivity contribution in [3.63, 3.8) is 0 Å². The average Bonchev–Trinajstić information content (AvgIpc) is 3.30. The van der Waals surface area contributed by atoms with Crippen LogP contribution in [0, 0.1) is 5.82 Å². The lowest BCUT2D eigenvalue weighted by molar-refractivity contribution is 0.205. The van der Waals surface area contributed by atoms with E-state index in [2.05, 4.69) is 36.9 Å². The maximum absolute atomic E-state index is 14.0. The summed E-state index contributed by atoms with van der Waals surface area (Å²) in [5, 5.41) is 0.835. The number of pyridine rings is 2. The van der Waals surface area contributed by atoms with Crippen LogP contribution in [0.5, 0.6) is 0 Å². The monoisotopic (exact) mass is 433 g/mol. The molecule has 2 aliphatic rings. The first-order valence-electron chi connectivity index (χ1n) is 11.3. The first-order chi connectivity index (χ1) is 15.6. The van der Waals surface area contributed by atoms with E-state index in [-0.39, 0.29) is 16.9 Å². The van der Waals surface area contributed by atoms with E-state index in [0.29, 0.717) is 11.4 Å². The van der Waals surface area contributed by atoms with E-state index in [1.165, 1.54) is 6.07 Å². The second kappa shape index (κ2) is 8.82. The Morgan fingerprint density at radius 3 is 2.75 bits per heavy atom. The number of likely N-dealkylation sites (tertiary alicyclic amines) is 1. The molecule has 3 aromatic rings. The molecule has 166 valence electrons. The summed E-state index contributed by atoms with van der Waals surface area (Å²) in [5.41, 5.74) is 1.61. The highest BCUT2D eigenvalue weighted by Gasteiger charge is 2.32. The smallest absolute Gasteiger partial charge is 0.259 e. The van der Waals surface area contributed by atoms with Gasteiger partial charge in [-0.05, 0) is 55.5 Å². The number of fused-ring (bicyclic) bond motifs is 1. The maximum Gasteiger partial charge on any atom is 0.259 e. The number of piperidine rings is 1. The molecule has 0 saturated carbocycles. The zero-order valence-electron chi connectivity index (χ0n) is 18.3. The Morgan fingerprint density at radius 1 is 1.16 bits per heavy atom. The lowest BCUT2D eigenvalue weighted by Crippen LogP contribution is -2.44. The van der Waals surface area contributed by atoms with Gasteiger partial charge in [0.2, 0.25) is 0 Å². The van der Waals surface area contributed by atoms with Crippen LogP contribution < -0.4 is 10.5 Å². The normalized spacial score (nSPS) is 20.6. The largest absolute Gasteiger partial charge is 0.357 e. The van der Waals surface area contributed by atoms with Crippen molar-refractivity contribution >= 4 is 22.8 Å². The molecule has 2 saturated heterocycles. The van der Waals surface area contributed by atoms with Gasteiger partial charge in [0.1, 0.15) is 11.6 Å². The van der Waals surface area contributed by atoms with Gasteiger partial charge in [-0.2, -0.15) is 0 Å². The Balaban J connectivity index is 1.22. The third kappa shape index (κ3) is 4.05. The lowest BCUT2D eigenvalue weighted by atomic mass is 10.0. The molecule has 0 bridgehead atoms. The van der Waals surface area contributed by atoms with E-state index >= 15 is 0 Å². The van der Waals surface area contributed by atoms with Gasteiger partial charge >= 0.3 is 0 Å². The predicted molar refractivity (Wildman–Crippen MR) is 126 cm³/mol. The van der Waals surface area contributed by atoms with Crippen LogP contribution in [0.1, 0.15) is 36.4 Å². The molecule has 5 rings (SSSR count). The number of hydrogen-bond acceptors (Lipinski definition) is 5. The van der Waals surface area contributed by atoms with E-state index < -0.39 is 5.82 Å². The summed E-state index contributed by atoms with van der Waals surface area (Å²) in [5.74, 6) is 0.845. The van der Waals surface area contributed by atoms with Crippen LogP contribution in [0.4, 0.5) is 10.2 Å². The van der Waals surface area contributed by atoms with Crippen LogP contribution in [-0.2, 0) is 0 Å². The first-order valence-corrected chi connectivity index (χ1v) is 11.3. The number of anilines is 1. The van der Waals surface area contributed by atoms with Crippen LogP contribution in [0.2, 0.25) is 0 Å². The minimum Gasteiger partial charge on any atom is -0.357 e. The molecule has 1 atom stereocenters. The number of benzene rings is 1. The SMILES string of the molecule is C/N=C\c1ccc(N2CCC(N3CCC(c4cc5cccc(F)c5c(=O)[nH]4)C3)CC2)nc1. The molecule has 7 heteroatoms. The van der Waals surface area contributed by atoms with Gasteiger partial charge < -0.3 is 9.88 Å². The van der Waals surface area contributed by atoms with Gasteiger partial charge in [-0.3, -0.25) is 14.7 Å². The third-order valence-electron chi connectivity index (χ3n) is 6.86. The molecule has 2 aliphatic heterocycles. The number of aromatic nitrogens is 2. The summed E-state index contributed by atoms with van der Waals surface area (Å²) >= 11 is 0. The summed E-state index contributed by atoms with van der Waals surface area (Å²) in [4.78, 5) is 29.0. The van der Waals surface area contributed by atoms with Crippen LogP contribution in [0.15, 0.2) is 52.4 Å². The van der Waals surface area contributed by atoms with Gasteiger partial charge in [0.15, 0.2) is 0 Å². The van der Waals surface area contributed by atoms with Crippen molar-refractivity contribution in [2.75, 3.05) is 38.1 Å². The molecule has 0 amide bonds. The molecule has 0 aliphatic carbocycles. The number of nitrogens with zero attached hydrogens (tertiary/aromatic N) is 4. The molecule has 6 nitrogen and oxygen atoms in total. The van der Waals surface area contributed by atoms with E-state index in [9.17, 15) is 9.18 Å². The summed E-state index contributed by atoms with van der Waals surface area (Å²) in [6, 6.07) is 11.4. The van der Waals surface area contributed by atoms with Crippen molar-refractivity contribution in [2.45, 2.75) is 31.2 Å². The third-order valence-corrected chi connectivity index (χ3v) is 6.86. The highest BCUT2D eigenvalue weighted by Crippen LogP contribution is 2.31. The molecule has 1 unspecified atom stereocenters. The van der Waals surface area contributed by atoms with Crippen LogP contribution in [-0.4, -0.2) is 60.4 Å². The summed E-state index contributed by atoms with van der Waals surface area (Å²) in [6.07, 6.45) is 6.90. The van der Waals surface area contributed by atoms with Gasteiger partial charge in [0, 0.05) is 62.3 Å². The maximum atomic E-state index is 14.0. The lowest BCUT2D eigenvalue weighted by Gasteiger charge is -2.37. The summed E-state index contributed by atoms with van der Waals surface area (Å²) in [7, 11) is 1.76. The second-order valence-electron chi connectivity index (χ2n) is 8.79. The van der Waals surface area contributed by atoms with E-state index in [1.54, 1.807) is 13.1 Å². The Bertz CT molecular complexity index is 1180. The van der Waals surface area contributed by atoms with E-state index in [0.717, 1.165) is 62.5 Å². The number of aromatic amines is 1. The molecule has 0 radical (unpaired) electrons. The summed E-state index contributed by atoms with van der Waals surface area (Å²) < 4.78 is 14.0. The Hall–Kier alpha value is -3.06. The zero-order valence-corrected chi connectivity index (χ0v) is 18.3. The fourth-order valence-corrected chi connectivity index (χ4v) is 5.16. The highest BCUT2D eigenvalue weighted by molar-refractivity contribution is 5.82. The number of halogens is 1. The zero-order chi connectivity index (χ0) is 22.1. The fraction of sp³-hybridized carbons (Fsp3) is 0.400. The average molecular weight is 434 g/mol. The van der Waals surface area contributed by atoms with Gasteiger partial charge in [-0.1, -0.05) is 12.1 Å². The second-order valence-corrected chi connectivity index (χ2v) is 8.79. The molecule has 4 heterocycles. The Labute approximate surface area is 186 Å². The minimum absolute atomic E-state index is 0.155. The van der Waals surface area contributed by atoms with E-state index in [4.69, 9.17) is 0 Å². The van der Waals surface area contributed by atoms with Crippen molar-refractivity contribution in [1.82, 2.24) is 14.9 Å². The summed E-state index contributed by atoms with van der Waals surface area (Å²) in [6.45, 7) is 3.95. The molecular weight excluding hydrogens is 405 g/mol. The molecule has 0 spiro atoms. The van der Waals surface area contributed by atoms with Gasteiger partial charge in [-0.25, -0.2) is 9.37 Å². The van der Waals surface area contributed by atoms with Crippen molar-refractivity contribution < 1.29 is 4.39 Å². The minimum atomic E-state index is -0.460. The topological polar surface area (TPSA) is 64.6 Å². The number of nitrogens with one attached hydrogen (secondary N) is 1. The predicted octanol–water partition coefficient (Wildman–Crippen LogP) is 3.57. The number of H-pyrrole nitrogens is 1. The molecule has 2 fully saturated rings. The van der Waals surface area contributed by atoms with Crippen molar-refractivity contribution in [3.8, 4) is 0 Å². The first kappa shape index (κ1) is 20.8. The standard InChI is InChI=1S/C25H28FN5O/c1-27-14-17-5-6-23(28-15-17)30-11-8-20(9-12-30)31-10-7-19(16-31)22-13-18-3-2-4-21(26)24(18)25(32)29-22/h2-6,13-15,19-20H,7-12,16H2,1H3,(H,29,32)/b27-14-. The molecular formula is C25H28FN5O. The fourth-order valence-electron chi connectivity index (χ4n) is 5.16. The van der Waals surface area contributed by atoms with Crippen LogP contribution in [0.25, 0.3) is 10.8 Å².